The van der Waals surface area contributed by atoms with Crippen LogP contribution in [0.25, 0.3) is 0 Å². The molecule has 3 rings (SSSR count). The highest BCUT2D eigenvalue weighted by Gasteiger charge is 2.32. The molecule has 2 aliphatic heterocycles. The molecule has 0 unspecified atom stereocenters. The topological polar surface area (TPSA) is 56.8 Å². The number of carbonyl (C=O) groups excluding carboxylic acids is 2. The van der Waals surface area contributed by atoms with E-state index in [4.69, 9.17) is 0 Å². The molecule has 0 bridgehead atoms. The minimum absolute atomic E-state index is 0.0266. The van der Waals surface area contributed by atoms with Crippen molar-refractivity contribution in [2.45, 2.75) is 26.7 Å². The van der Waals surface area contributed by atoms with Gasteiger partial charge in [0.1, 0.15) is 0 Å². The maximum absolute atomic E-state index is 12.7. The van der Waals surface area contributed by atoms with Gasteiger partial charge in [-0.25, -0.2) is 4.98 Å². The molecule has 126 valence electrons. The molecular weight excluding hydrogens is 312 g/mol. The van der Waals surface area contributed by atoms with Crippen molar-refractivity contribution in [1.29, 1.82) is 0 Å². The van der Waals surface area contributed by atoms with Crippen LogP contribution in [0, 0.1) is 12.8 Å². The number of anilines is 1. The highest BCUT2D eigenvalue weighted by molar-refractivity contribution is 7.13. The quantitative estimate of drug-likeness (QED) is 0.818. The molecule has 0 aliphatic carbocycles. The van der Waals surface area contributed by atoms with Crippen LogP contribution >= 0.6 is 11.3 Å². The van der Waals surface area contributed by atoms with E-state index >= 15 is 0 Å². The van der Waals surface area contributed by atoms with E-state index in [2.05, 4.69) is 15.3 Å². The number of hydrogen-bond acceptors (Lipinski definition) is 5. The molecule has 0 aromatic carbocycles. The number of aromatic nitrogens is 1. The lowest BCUT2D eigenvalue weighted by atomic mass is 9.96. The minimum atomic E-state index is -0.0266. The van der Waals surface area contributed by atoms with Gasteiger partial charge in [0.05, 0.1) is 11.6 Å². The fraction of sp³-hybridized carbons (Fsp3) is 0.688. The van der Waals surface area contributed by atoms with Gasteiger partial charge in [-0.15, -0.1) is 11.3 Å². The van der Waals surface area contributed by atoms with E-state index in [0.717, 1.165) is 56.4 Å². The Kier molecular flexibility index (Phi) is 4.84. The number of piperidine rings is 1. The largest absolute Gasteiger partial charge is 0.345 e. The summed E-state index contributed by atoms with van der Waals surface area (Å²) < 4.78 is 0. The van der Waals surface area contributed by atoms with E-state index in [1.54, 1.807) is 23.2 Å². The SMILES string of the molecule is CC(=O)N1CCC[C@@H](C(=O)N2CCN(c3nc(C)cs3)CC2)C1. The first kappa shape index (κ1) is 16.2. The molecule has 0 N–H and O–H groups in total. The standard InChI is InChI=1S/C16H24N4O2S/c1-12-11-23-16(17-12)19-8-6-18(7-9-19)15(22)14-4-3-5-20(10-14)13(2)21/h11,14H,3-10H2,1-2H3/t14-/m1/s1. The van der Waals surface area contributed by atoms with E-state index in [1.165, 1.54) is 0 Å². The predicted molar refractivity (Wildman–Crippen MR) is 90.6 cm³/mol. The van der Waals surface area contributed by atoms with Crippen LogP contribution in [0.1, 0.15) is 25.5 Å². The maximum Gasteiger partial charge on any atom is 0.227 e. The Hall–Kier alpha value is -1.63. The monoisotopic (exact) mass is 336 g/mol. The van der Waals surface area contributed by atoms with Crippen LogP contribution in [0.5, 0.6) is 0 Å². The van der Waals surface area contributed by atoms with Crippen LogP contribution in [0.15, 0.2) is 5.38 Å². The van der Waals surface area contributed by atoms with Gasteiger partial charge in [-0.1, -0.05) is 0 Å². The first-order valence-corrected chi connectivity index (χ1v) is 9.14. The Labute approximate surface area is 141 Å². The van der Waals surface area contributed by atoms with Crippen LogP contribution in [-0.4, -0.2) is 65.9 Å². The predicted octanol–water partition coefficient (Wildman–Crippen LogP) is 1.36. The molecule has 3 heterocycles. The smallest absolute Gasteiger partial charge is 0.227 e. The van der Waals surface area contributed by atoms with E-state index < -0.39 is 0 Å². The minimum Gasteiger partial charge on any atom is -0.345 e. The molecule has 1 atom stereocenters. The molecule has 6 nitrogen and oxygen atoms in total. The zero-order valence-corrected chi connectivity index (χ0v) is 14.6. The number of amides is 2. The Balaban J connectivity index is 1.54. The summed E-state index contributed by atoms with van der Waals surface area (Å²) in [6.07, 6.45) is 1.82. The number of thiazole rings is 1. The van der Waals surface area contributed by atoms with Crippen LogP contribution in [0.2, 0.25) is 0 Å². The average molecular weight is 336 g/mol. The first-order valence-electron chi connectivity index (χ1n) is 8.26. The van der Waals surface area contributed by atoms with Gasteiger partial charge < -0.3 is 14.7 Å². The third-order valence-electron chi connectivity index (χ3n) is 4.68. The van der Waals surface area contributed by atoms with E-state index in [0.29, 0.717) is 6.54 Å². The first-order chi connectivity index (χ1) is 11.0. The summed E-state index contributed by atoms with van der Waals surface area (Å²) in [6.45, 7) is 8.12. The van der Waals surface area contributed by atoms with Gasteiger partial charge in [-0.3, -0.25) is 9.59 Å². The summed E-state index contributed by atoms with van der Waals surface area (Å²) in [6, 6.07) is 0. The summed E-state index contributed by atoms with van der Waals surface area (Å²) in [5.74, 6) is 0.263. The van der Waals surface area contributed by atoms with E-state index in [1.807, 2.05) is 11.8 Å². The normalized spacial score (nSPS) is 22.3. The van der Waals surface area contributed by atoms with Crippen molar-refractivity contribution in [2.75, 3.05) is 44.2 Å². The molecule has 1 aromatic rings. The van der Waals surface area contributed by atoms with Crippen LogP contribution in [0.3, 0.4) is 0 Å². The summed E-state index contributed by atoms with van der Waals surface area (Å²) in [7, 11) is 0. The average Bonchev–Trinajstić information content (AvgIpc) is 3.01. The van der Waals surface area contributed by atoms with Crippen LogP contribution < -0.4 is 4.90 Å². The number of piperazine rings is 1. The molecule has 0 radical (unpaired) electrons. The molecular formula is C16H24N4O2S. The molecule has 7 heteroatoms. The molecule has 2 aliphatic rings. The molecule has 2 saturated heterocycles. The third-order valence-corrected chi connectivity index (χ3v) is 5.70. The number of likely N-dealkylation sites (tertiary alicyclic amines) is 1. The zero-order valence-electron chi connectivity index (χ0n) is 13.8. The second kappa shape index (κ2) is 6.86. The van der Waals surface area contributed by atoms with Crippen LogP contribution in [0.4, 0.5) is 5.13 Å². The van der Waals surface area contributed by atoms with Gasteiger partial charge in [0.2, 0.25) is 11.8 Å². The fourth-order valence-electron chi connectivity index (χ4n) is 3.33. The number of rotatable bonds is 2. The number of aryl methyl sites for hydroxylation is 1. The van der Waals surface area contributed by atoms with Crippen molar-refractivity contribution < 1.29 is 9.59 Å². The summed E-state index contributed by atoms with van der Waals surface area (Å²) in [5, 5.41) is 3.11. The highest BCUT2D eigenvalue weighted by Crippen LogP contribution is 2.23. The second-order valence-corrected chi connectivity index (χ2v) is 7.22. The van der Waals surface area contributed by atoms with Gasteiger partial charge in [0.25, 0.3) is 0 Å². The van der Waals surface area contributed by atoms with Crippen molar-refractivity contribution >= 4 is 28.3 Å². The van der Waals surface area contributed by atoms with E-state index in [-0.39, 0.29) is 17.7 Å². The maximum atomic E-state index is 12.7. The lowest BCUT2D eigenvalue weighted by molar-refractivity contribution is -0.140. The van der Waals surface area contributed by atoms with Gasteiger partial charge >= 0.3 is 0 Å². The highest BCUT2D eigenvalue weighted by atomic mass is 32.1. The van der Waals surface area contributed by atoms with Crippen molar-refractivity contribution in [1.82, 2.24) is 14.8 Å². The Bertz CT molecular complexity index is 580. The summed E-state index contributed by atoms with van der Waals surface area (Å²) >= 11 is 1.66. The molecule has 2 amide bonds. The van der Waals surface area contributed by atoms with Gasteiger partial charge in [0, 0.05) is 51.6 Å². The number of carbonyl (C=O) groups is 2. The van der Waals surface area contributed by atoms with Gasteiger partial charge in [-0.2, -0.15) is 0 Å². The fourth-order valence-corrected chi connectivity index (χ4v) is 4.18. The lowest BCUT2D eigenvalue weighted by Gasteiger charge is -2.38. The lowest BCUT2D eigenvalue weighted by Crippen LogP contribution is -2.53. The van der Waals surface area contributed by atoms with Crippen molar-refractivity contribution in [3.63, 3.8) is 0 Å². The van der Waals surface area contributed by atoms with Gasteiger partial charge in [-0.05, 0) is 19.8 Å². The summed E-state index contributed by atoms with van der Waals surface area (Å²) in [5.41, 5.74) is 1.05. The zero-order chi connectivity index (χ0) is 16.4. The number of hydrogen-bond donors (Lipinski definition) is 0. The third kappa shape index (κ3) is 3.65. The molecule has 23 heavy (non-hydrogen) atoms. The Morgan fingerprint density at radius 1 is 1.17 bits per heavy atom. The van der Waals surface area contributed by atoms with Gasteiger partial charge in [0.15, 0.2) is 5.13 Å². The second-order valence-electron chi connectivity index (χ2n) is 6.39. The molecule has 0 saturated carbocycles. The molecule has 0 spiro atoms. The Morgan fingerprint density at radius 2 is 1.91 bits per heavy atom. The van der Waals surface area contributed by atoms with Crippen molar-refractivity contribution in [2.24, 2.45) is 5.92 Å². The Morgan fingerprint density at radius 3 is 2.52 bits per heavy atom. The van der Waals surface area contributed by atoms with Crippen LogP contribution in [-0.2, 0) is 9.59 Å². The molecule has 2 fully saturated rings. The summed E-state index contributed by atoms with van der Waals surface area (Å²) in [4.78, 5) is 34.8. The van der Waals surface area contributed by atoms with Crippen molar-refractivity contribution in [3.05, 3.63) is 11.1 Å². The van der Waals surface area contributed by atoms with Crippen molar-refractivity contribution in [3.8, 4) is 0 Å². The number of nitrogens with zero attached hydrogens (tertiary/aromatic N) is 4. The molecule has 1 aromatic heterocycles. The van der Waals surface area contributed by atoms with E-state index in [9.17, 15) is 9.59 Å².